The number of carboxylic acid groups (broad SMARTS) is 1. The minimum Gasteiger partial charge on any atom is -0.478 e. The average Bonchev–Trinajstić information content (AvgIpc) is 2.32. The van der Waals surface area contributed by atoms with E-state index in [0.717, 1.165) is 0 Å². The van der Waals surface area contributed by atoms with Crippen molar-refractivity contribution in [2.45, 2.75) is 31.5 Å². The highest BCUT2D eigenvalue weighted by Crippen LogP contribution is 2.21. The first-order valence-electron chi connectivity index (χ1n) is 5.71. The average molecular weight is 271 g/mol. The molecular formula is C11H17N3O5. The summed E-state index contributed by atoms with van der Waals surface area (Å²) < 4.78 is 5.04. The van der Waals surface area contributed by atoms with Gasteiger partial charge in [0, 0.05) is 25.0 Å². The molecule has 3 atom stereocenters. The molecule has 1 aliphatic carbocycles. The van der Waals surface area contributed by atoms with Crippen molar-refractivity contribution >= 4 is 17.8 Å². The lowest BCUT2D eigenvalue weighted by atomic mass is 9.88. The van der Waals surface area contributed by atoms with Gasteiger partial charge in [0.2, 0.25) is 5.91 Å². The summed E-state index contributed by atoms with van der Waals surface area (Å²) in [6.45, 7) is 0.968. The molecule has 106 valence electrons. The lowest BCUT2D eigenvalue weighted by Crippen LogP contribution is -2.57. The number of ether oxygens (including phenoxy) is 1. The highest BCUT2D eigenvalue weighted by Gasteiger charge is 2.36. The number of amides is 1. The van der Waals surface area contributed by atoms with Crippen LogP contribution in [0.1, 0.15) is 13.3 Å². The van der Waals surface area contributed by atoms with Gasteiger partial charge in [-0.2, -0.15) is 0 Å². The van der Waals surface area contributed by atoms with Crippen LogP contribution in [0.2, 0.25) is 0 Å². The smallest absolute Gasteiger partial charge is 0.331 e. The zero-order chi connectivity index (χ0) is 14.6. The zero-order valence-electron chi connectivity index (χ0n) is 10.5. The van der Waals surface area contributed by atoms with Crippen LogP contribution in [0.4, 0.5) is 0 Å². The predicted octanol–water partition coefficient (Wildman–Crippen LogP) is -1.90. The van der Waals surface area contributed by atoms with Crippen LogP contribution in [0.3, 0.4) is 0 Å². The number of hydrogen-bond acceptors (Lipinski definition) is 6. The molecule has 0 aromatic carbocycles. The van der Waals surface area contributed by atoms with E-state index >= 15 is 0 Å². The van der Waals surface area contributed by atoms with Gasteiger partial charge in [0.25, 0.3) is 0 Å². The molecule has 0 saturated heterocycles. The first kappa shape index (κ1) is 15.1. The van der Waals surface area contributed by atoms with Crippen molar-refractivity contribution < 1.29 is 24.2 Å². The maximum absolute atomic E-state index is 11.2. The van der Waals surface area contributed by atoms with Crippen LogP contribution in [0.25, 0.3) is 0 Å². The van der Waals surface area contributed by atoms with Gasteiger partial charge in [0.1, 0.15) is 6.10 Å². The highest BCUT2D eigenvalue weighted by atomic mass is 16.5. The number of carbonyl (C=O) groups is 3. The topological polar surface area (TPSA) is 145 Å². The maximum Gasteiger partial charge on any atom is 0.331 e. The minimum absolute atomic E-state index is 0.0281. The van der Waals surface area contributed by atoms with E-state index in [1.54, 1.807) is 0 Å². The fourth-order valence-electron chi connectivity index (χ4n) is 1.91. The number of esters is 1. The summed E-state index contributed by atoms with van der Waals surface area (Å²) in [5.41, 5.74) is 11.0. The molecule has 8 heteroatoms. The summed E-state index contributed by atoms with van der Waals surface area (Å²) in [6.07, 6.45) is 0.473. The molecule has 0 aromatic rings. The molecule has 0 fully saturated rings. The van der Waals surface area contributed by atoms with Gasteiger partial charge in [0.15, 0.2) is 0 Å². The highest BCUT2D eigenvalue weighted by molar-refractivity contribution is 5.87. The molecule has 1 amide bonds. The summed E-state index contributed by atoms with van der Waals surface area (Å²) in [4.78, 5) is 33.3. The van der Waals surface area contributed by atoms with Gasteiger partial charge >= 0.3 is 11.9 Å². The third kappa shape index (κ3) is 4.04. The van der Waals surface area contributed by atoms with Gasteiger partial charge in [-0.05, 0) is 0 Å². The van der Waals surface area contributed by atoms with Gasteiger partial charge in [0.05, 0.1) is 12.6 Å². The minimum atomic E-state index is -1.13. The van der Waals surface area contributed by atoms with Gasteiger partial charge in [-0.1, -0.05) is 6.08 Å². The quantitative estimate of drug-likeness (QED) is 0.437. The van der Waals surface area contributed by atoms with Gasteiger partial charge < -0.3 is 26.6 Å². The third-order valence-electron chi connectivity index (χ3n) is 2.72. The van der Waals surface area contributed by atoms with Crippen LogP contribution in [0.15, 0.2) is 11.6 Å². The Morgan fingerprint density at radius 3 is 2.63 bits per heavy atom. The number of carboxylic acids is 1. The normalized spacial score (nSPS) is 26.3. The van der Waals surface area contributed by atoms with Crippen molar-refractivity contribution in [2.24, 2.45) is 11.5 Å². The predicted molar refractivity (Wildman–Crippen MR) is 64.9 cm³/mol. The molecule has 1 rings (SSSR count). The first-order chi connectivity index (χ1) is 8.85. The fourth-order valence-corrected chi connectivity index (χ4v) is 1.91. The van der Waals surface area contributed by atoms with Gasteiger partial charge in [-0.15, -0.1) is 0 Å². The Hall–Kier alpha value is -1.93. The fraction of sp³-hybridized carbons (Fsp3) is 0.545. The summed E-state index contributed by atoms with van der Waals surface area (Å²) in [5.74, 6) is -2.16. The zero-order valence-corrected chi connectivity index (χ0v) is 10.5. The van der Waals surface area contributed by atoms with Crippen molar-refractivity contribution in [3.05, 3.63) is 11.6 Å². The van der Waals surface area contributed by atoms with E-state index in [1.165, 1.54) is 13.0 Å². The third-order valence-corrected chi connectivity index (χ3v) is 2.72. The summed E-state index contributed by atoms with van der Waals surface area (Å²) >= 11 is 0. The van der Waals surface area contributed by atoms with Crippen molar-refractivity contribution in [2.75, 3.05) is 6.54 Å². The van der Waals surface area contributed by atoms with Crippen LogP contribution < -0.4 is 16.8 Å². The Kier molecular flexibility index (Phi) is 5.02. The number of nitrogens with two attached hydrogens (primary N) is 2. The van der Waals surface area contributed by atoms with E-state index in [9.17, 15) is 14.4 Å². The van der Waals surface area contributed by atoms with E-state index in [-0.39, 0.29) is 24.4 Å². The Labute approximate surface area is 109 Å². The molecule has 0 spiro atoms. The summed E-state index contributed by atoms with van der Waals surface area (Å²) in [7, 11) is 0. The standard InChI is InChI=1S/C11H17N3O5/c1-5(15)14-10-7(13)2-6(11(17)18)3-8(10)19-9(16)4-12/h2,7-8,10H,3-4,12-13H2,1H3,(H,14,15)(H,17,18). The number of nitrogens with one attached hydrogen (secondary N) is 1. The second-order valence-corrected chi connectivity index (χ2v) is 4.24. The molecular weight excluding hydrogens is 254 g/mol. The van der Waals surface area contributed by atoms with E-state index in [0.29, 0.717) is 0 Å². The van der Waals surface area contributed by atoms with Crippen molar-refractivity contribution in [3.8, 4) is 0 Å². The van der Waals surface area contributed by atoms with Crippen molar-refractivity contribution in [3.63, 3.8) is 0 Å². The monoisotopic (exact) mass is 271 g/mol. The second-order valence-electron chi connectivity index (χ2n) is 4.24. The largest absolute Gasteiger partial charge is 0.478 e. The SMILES string of the molecule is CC(=O)NC1C(N)C=C(C(=O)O)CC1OC(=O)CN. The summed E-state index contributed by atoms with van der Waals surface area (Å²) in [5, 5.41) is 11.5. The Morgan fingerprint density at radius 2 is 2.16 bits per heavy atom. The molecule has 0 heterocycles. The number of aliphatic carboxylic acids is 1. The first-order valence-corrected chi connectivity index (χ1v) is 5.71. The van der Waals surface area contributed by atoms with E-state index in [2.05, 4.69) is 5.32 Å². The molecule has 6 N–H and O–H groups in total. The molecule has 1 aliphatic rings. The van der Waals surface area contributed by atoms with Crippen LogP contribution in [-0.2, 0) is 19.1 Å². The second kappa shape index (κ2) is 6.30. The number of rotatable bonds is 4. The molecule has 3 unspecified atom stereocenters. The molecule has 0 saturated carbocycles. The molecule has 0 bridgehead atoms. The summed E-state index contributed by atoms with van der Waals surface area (Å²) in [6, 6.07) is -1.42. The molecule has 0 radical (unpaired) electrons. The lowest BCUT2D eigenvalue weighted by molar-refractivity contribution is -0.151. The van der Waals surface area contributed by atoms with E-state index in [1.807, 2.05) is 0 Å². The Morgan fingerprint density at radius 1 is 1.53 bits per heavy atom. The Bertz CT molecular complexity index is 421. The lowest BCUT2D eigenvalue weighted by Gasteiger charge is -2.34. The van der Waals surface area contributed by atoms with Crippen LogP contribution in [-0.4, -0.2) is 47.7 Å². The molecule has 8 nitrogen and oxygen atoms in total. The van der Waals surface area contributed by atoms with Crippen LogP contribution in [0.5, 0.6) is 0 Å². The molecule has 0 aliphatic heterocycles. The van der Waals surface area contributed by atoms with E-state index in [4.69, 9.17) is 21.3 Å². The van der Waals surface area contributed by atoms with Crippen molar-refractivity contribution in [1.82, 2.24) is 5.32 Å². The Balaban J connectivity index is 2.93. The van der Waals surface area contributed by atoms with Crippen LogP contribution >= 0.6 is 0 Å². The number of hydrogen-bond donors (Lipinski definition) is 4. The van der Waals surface area contributed by atoms with Gasteiger partial charge in [-0.25, -0.2) is 4.79 Å². The molecule has 19 heavy (non-hydrogen) atoms. The van der Waals surface area contributed by atoms with Crippen molar-refractivity contribution in [1.29, 1.82) is 0 Å². The molecule has 0 aromatic heterocycles. The maximum atomic E-state index is 11.2. The number of carbonyl (C=O) groups excluding carboxylic acids is 2. The van der Waals surface area contributed by atoms with Crippen LogP contribution in [0, 0.1) is 0 Å². The van der Waals surface area contributed by atoms with E-state index < -0.39 is 30.1 Å². The van der Waals surface area contributed by atoms with Gasteiger partial charge in [-0.3, -0.25) is 9.59 Å².